The molecule has 0 saturated heterocycles. The maximum absolute atomic E-state index is 13.3. The predicted octanol–water partition coefficient (Wildman–Crippen LogP) is 3.40. The fourth-order valence-electron chi connectivity index (χ4n) is 3.23. The first-order chi connectivity index (χ1) is 14.2. The van der Waals surface area contributed by atoms with Crippen molar-refractivity contribution >= 4 is 23.6 Å². The number of rotatable bonds is 7. The van der Waals surface area contributed by atoms with Crippen molar-refractivity contribution in [3.8, 4) is 0 Å². The Balaban J connectivity index is 1.76. The van der Waals surface area contributed by atoms with Crippen LogP contribution in [0.5, 0.6) is 0 Å². The van der Waals surface area contributed by atoms with Crippen LogP contribution < -0.4 is 0 Å². The van der Waals surface area contributed by atoms with Gasteiger partial charge >= 0.3 is 5.97 Å². The SMILES string of the molecule is CC(C)CC(C(=O)OCC(=O)c1ccc(F)c(F)c1)N1C(=O)c2ccccc2C1=O. The number of hydrogen-bond acceptors (Lipinski definition) is 5. The van der Waals surface area contributed by atoms with E-state index in [1.165, 1.54) is 12.1 Å². The first kappa shape index (κ1) is 21.3. The number of Topliss-reactive ketones (excluding diaryl/α,β-unsaturated/α-hetero) is 1. The van der Waals surface area contributed by atoms with Crippen molar-refractivity contribution < 1.29 is 32.7 Å². The molecule has 8 heteroatoms. The third-order valence-corrected chi connectivity index (χ3v) is 4.69. The van der Waals surface area contributed by atoms with Gasteiger partial charge in [0.25, 0.3) is 11.8 Å². The van der Waals surface area contributed by atoms with Crippen LogP contribution in [0.1, 0.15) is 51.3 Å². The maximum Gasteiger partial charge on any atom is 0.329 e. The lowest BCUT2D eigenvalue weighted by Crippen LogP contribution is -2.46. The number of ketones is 1. The number of hydrogen-bond donors (Lipinski definition) is 0. The average molecular weight is 415 g/mol. The summed E-state index contributed by atoms with van der Waals surface area (Å²) in [6.45, 7) is 2.89. The first-order valence-electron chi connectivity index (χ1n) is 9.32. The summed E-state index contributed by atoms with van der Waals surface area (Å²) in [6.07, 6.45) is 0.143. The molecule has 0 radical (unpaired) electrons. The minimum atomic E-state index is -1.21. The molecule has 0 saturated carbocycles. The molecule has 0 bridgehead atoms. The second kappa shape index (κ2) is 8.52. The van der Waals surface area contributed by atoms with Crippen LogP contribution in [0, 0.1) is 17.6 Å². The van der Waals surface area contributed by atoms with Gasteiger partial charge in [-0.1, -0.05) is 26.0 Å². The van der Waals surface area contributed by atoms with E-state index in [4.69, 9.17) is 4.74 Å². The lowest BCUT2D eigenvalue weighted by molar-refractivity contribution is -0.147. The van der Waals surface area contributed by atoms with Crippen LogP contribution in [-0.2, 0) is 9.53 Å². The van der Waals surface area contributed by atoms with Crippen molar-refractivity contribution in [1.29, 1.82) is 0 Å². The molecule has 1 aliphatic rings. The Morgan fingerprint density at radius 3 is 2.10 bits per heavy atom. The Kier molecular flexibility index (Phi) is 6.05. The molecule has 0 fully saturated rings. The van der Waals surface area contributed by atoms with Crippen LogP contribution in [-0.4, -0.2) is 41.1 Å². The number of halogens is 2. The summed E-state index contributed by atoms with van der Waals surface area (Å²) in [7, 11) is 0. The summed E-state index contributed by atoms with van der Waals surface area (Å²) in [6, 6.07) is 7.60. The van der Waals surface area contributed by atoms with Crippen molar-refractivity contribution in [2.24, 2.45) is 5.92 Å². The number of imide groups is 1. The van der Waals surface area contributed by atoms with Gasteiger partial charge in [0.05, 0.1) is 11.1 Å². The molecule has 0 aliphatic carbocycles. The van der Waals surface area contributed by atoms with E-state index in [1.54, 1.807) is 12.1 Å². The van der Waals surface area contributed by atoms with Crippen LogP contribution in [0.2, 0.25) is 0 Å². The molecule has 0 N–H and O–H groups in total. The molecular weight excluding hydrogens is 396 g/mol. The highest BCUT2D eigenvalue weighted by molar-refractivity contribution is 6.22. The van der Waals surface area contributed by atoms with Gasteiger partial charge in [0.15, 0.2) is 24.0 Å². The summed E-state index contributed by atoms with van der Waals surface area (Å²) in [4.78, 5) is 51.2. The number of nitrogens with zero attached hydrogens (tertiary/aromatic N) is 1. The van der Waals surface area contributed by atoms with Crippen molar-refractivity contribution in [2.45, 2.75) is 26.3 Å². The number of carbonyl (C=O) groups excluding carboxylic acids is 4. The molecule has 1 aliphatic heterocycles. The molecule has 6 nitrogen and oxygen atoms in total. The predicted molar refractivity (Wildman–Crippen MR) is 102 cm³/mol. The van der Waals surface area contributed by atoms with Crippen LogP contribution in [0.4, 0.5) is 8.78 Å². The Morgan fingerprint density at radius 1 is 0.967 bits per heavy atom. The Bertz CT molecular complexity index is 999. The van der Waals surface area contributed by atoms with Gasteiger partial charge < -0.3 is 4.74 Å². The number of amides is 2. The molecule has 1 atom stereocenters. The van der Waals surface area contributed by atoms with E-state index in [0.29, 0.717) is 6.07 Å². The van der Waals surface area contributed by atoms with Gasteiger partial charge in [-0.25, -0.2) is 13.6 Å². The van der Waals surface area contributed by atoms with Gasteiger partial charge in [-0.3, -0.25) is 19.3 Å². The van der Waals surface area contributed by atoms with Gasteiger partial charge in [0.2, 0.25) is 0 Å². The highest BCUT2D eigenvalue weighted by Gasteiger charge is 2.43. The number of carbonyl (C=O) groups is 4. The number of ether oxygens (including phenoxy) is 1. The molecule has 156 valence electrons. The maximum atomic E-state index is 13.3. The first-order valence-corrected chi connectivity index (χ1v) is 9.32. The molecule has 2 amide bonds. The van der Waals surface area contributed by atoms with Crippen molar-refractivity contribution in [2.75, 3.05) is 6.61 Å². The monoisotopic (exact) mass is 415 g/mol. The molecule has 30 heavy (non-hydrogen) atoms. The molecular formula is C22H19F2NO5. The Labute approximate surface area is 171 Å². The van der Waals surface area contributed by atoms with E-state index in [-0.39, 0.29) is 29.0 Å². The molecule has 1 unspecified atom stereocenters. The summed E-state index contributed by atoms with van der Waals surface area (Å²) in [5.41, 5.74) is 0.228. The van der Waals surface area contributed by atoms with Gasteiger partial charge in [-0.05, 0) is 42.7 Å². The summed E-state index contributed by atoms with van der Waals surface area (Å²) in [5.74, 6) is -5.24. The average Bonchev–Trinajstić information content (AvgIpc) is 2.96. The lowest BCUT2D eigenvalue weighted by Gasteiger charge is -2.25. The molecule has 2 aromatic carbocycles. The number of benzene rings is 2. The smallest absolute Gasteiger partial charge is 0.329 e. The van der Waals surface area contributed by atoms with Gasteiger partial charge in [-0.15, -0.1) is 0 Å². The van der Waals surface area contributed by atoms with Crippen LogP contribution in [0.25, 0.3) is 0 Å². The highest BCUT2D eigenvalue weighted by atomic mass is 19.2. The Hall–Kier alpha value is -3.42. The van der Waals surface area contributed by atoms with E-state index in [9.17, 15) is 28.0 Å². The standard InChI is InChI=1S/C22H19F2NO5/c1-12(2)9-18(25-20(27)14-5-3-4-6-15(14)21(25)28)22(29)30-11-19(26)13-7-8-16(23)17(24)10-13/h3-8,10,12,18H,9,11H2,1-2H3. The summed E-state index contributed by atoms with van der Waals surface area (Å²) in [5, 5.41) is 0. The topological polar surface area (TPSA) is 80.8 Å². The Morgan fingerprint density at radius 2 is 1.57 bits per heavy atom. The molecule has 0 spiro atoms. The largest absolute Gasteiger partial charge is 0.456 e. The zero-order valence-corrected chi connectivity index (χ0v) is 16.4. The normalized spacial score (nSPS) is 14.1. The van der Waals surface area contributed by atoms with Crippen LogP contribution in [0.15, 0.2) is 42.5 Å². The summed E-state index contributed by atoms with van der Waals surface area (Å²) >= 11 is 0. The fraction of sp³-hybridized carbons (Fsp3) is 0.273. The zero-order valence-electron chi connectivity index (χ0n) is 16.4. The lowest BCUT2D eigenvalue weighted by atomic mass is 10.0. The van der Waals surface area contributed by atoms with E-state index < -0.39 is 47.9 Å². The molecule has 0 aromatic heterocycles. The van der Waals surface area contributed by atoms with E-state index in [1.807, 2.05) is 13.8 Å². The van der Waals surface area contributed by atoms with Crippen molar-refractivity contribution in [1.82, 2.24) is 4.90 Å². The van der Waals surface area contributed by atoms with E-state index in [0.717, 1.165) is 17.0 Å². The molecule has 3 rings (SSSR count). The minimum absolute atomic E-state index is 0.0613. The fourth-order valence-corrected chi connectivity index (χ4v) is 3.23. The van der Waals surface area contributed by atoms with E-state index in [2.05, 4.69) is 0 Å². The van der Waals surface area contributed by atoms with Gasteiger partial charge in [0, 0.05) is 5.56 Å². The second-order valence-electron chi connectivity index (χ2n) is 7.33. The van der Waals surface area contributed by atoms with Crippen molar-refractivity contribution in [3.63, 3.8) is 0 Å². The second-order valence-corrected chi connectivity index (χ2v) is 7.33. The number of fused-ring (bicyclic) bond motifs is 1. The third-order valence-electron chi connectivity index (χ3n) is 4.69. The third kappa shape index (κ3) is 4.12. The zero-order chi connectivity index (χ0) is 22.0. The number of esters is 1. The molecule has 1 heterocycles. The quantitative estimate of drug-likeness (QED) is 0.393. The van der Waals surface area contributed by atoms with E-state index >= 15 is 0 Å². The summed E-state index contributed by atoms with van der Waals surface area (Å²) < 4.78 is 31.4. The van der Waals surface area contributed by atoms with Crippen molar-refractivity contribution in [3.05, 3.63) is 70.8 Å². The highest BCUT2D eigenvalue weighted by Crippen LogP contribution is 2.27. The van der Waals surface area contributed by atoms with Gasteiger partial charge in [-0.2, -0.15) is 0 Å². The molecule has 2 aromatic rings. The minimum Gasteiger partial charge on any atom is -0.456 e. The van der Waals surface area contributed by atoms with Crippen LogP contribution in [0.3, 0.4) is 0 Å². The van der Waals surface area contributed by atoms with Crippen LogP contribution >= 0.6 is 0 Å². The van der Waals surface area contributed by atoms with Gasteiger partial charge in [0.1, 0.15) is 6.04 Å².